The highest BCUT2D eigenvalue weighted by atomic mass is 19.1. The quantitative estimate of drug-likeness (QED) is 0.690. The maximum Gasteiger partial charge on any atom is 0.412 e. The summed E-state index contributed by atoms with van der Waals surface area (Å²) in [5.41, 5.74) is -0.551. The molecular weight excluding hydrogens is 382 g/mol. The molecule has 2 aromatic rings. The topological polar surface area (TPSA) is 76.7 Å². The molecule has 0 spiro atoms. The van der Waals surface area contributed by atoms with Crippen LogP contribution in [0.4, 0.5) is 25.0 Å². The van der Waals surface area contributed by atoms with E-state index in [0.717, 1.165) is 24.3 Å². The molecule has 2 rings (SSSR count). The summed E-state index contributed by atoms with van der Waals surface area (Å²) in [6.07, 6.45) is 1.31. The fraction of sp³-hybridized carbons (Fsp3) is 0.238. The minimum atomic E-state index is -0.789. The van der Waals surface area contributed by atoms with Crippen LogP contribution in [0.1, 0.15) is 26.3 Å². The molecule has 2 N–H and O–H groups in total. The number of hydrogen-bond acceptors (Lipinski definition) is 4. The first-order chi connectivity index (χ1) is 13.6. The molecular formula is C21H22F2N2O4. The molecule has 0 unspecified atom stereocenters. The van der Waals surface area contributed by atoms with Gasteiger partial charge < -0.3 is 14.8 Å². The second-order valence-electron chi connectivity index (χ2n) is 7.00. The fourth-order valence-electron chi connectivity index (χ4n) is 2.28. The standard InChI is InChI=1S/C21H22F2N2O4/c1-21(2,3)29-20(27)25-17-10-8-13(28-4)12-18(17)24-19(26)11-9-14-15(22)6-5-7-16(14)23/h5-12H,1-4H3,(H,24,26)(H,25,27)/b11-9+. The molecule has 0 aromatic heterocycles. The largest absolute Gasteiger partial charge is 0.497 e. The number of halogens is 2. The van der Waals surface area contributed by atoms with E-state index in [1.807, 2.05) is 0 Å². The van der Waals surface area contributed by atoms with Crippen LogP contribution in [-0.2, 0) is 9.53 Å². The Kier molecular flexibility index (Phi) is 6.93. The number of hydrogen-bond donors (Lipinski definition) is 2. The van der Waals surface area contributed by atoms with Crippen LogP contribution in [0.25, 0.3) is 6.08 Å². The average Bonchev–Trinajstić information content (AvgIpc) is 2.61. The number of rotatable bonds is 5. The number of ether oxygens (including phenoxy) is 2. The Hall–Kier alpha value is -3.42. The van der Waals surface area contributed by atoms with Gasteiger partial charge in [-0.15, -0.1) is 0 Å². The molecule has 0 bridgehead atoms. The summed E-state index contributed by atoms with van der Waals surface area (Å²) in [4.78, 5) is 24.3. The molecule has 0 aliphatic rings. The van der Waals surface area contributed by atoms with Crippen molar-refractivity contribution < 1.29 is 27.8 Å². The highest BCUT2D eigenvalue weighted by molar-refractivity contribution is 6.05. The highest BCUT2D eigenvalue weighted by Gasteiger charge is 2.18. The molecule has 0 atom stereocenters. The first-order valence-corrected chi connectivity index (χ1v) is 8.70. The second-order valence-corrected chi connectivity index (χ2v) is 7.00. The zero-order chi connectivity index (χ0) is 21.6. The van der Waals surface area contributed by atoms with Gasteiger partial charge >= 0.3 is 6.09 Å². The molecule has 0 saturated carbocycles. The Labute approximate surface area is 167 Å². The van der Waals surface area contributed by atoms with Gasteiger partial charge in [0.2, 0.25) is 5.91 Å². The van der Waals surface area contributed by atoms with E-state index in [9.17, 15) is 18.4 Å². The molecule has 2 amide bonds. The number of carbonyl (C=O) groups is 2. The zero-order valence-corrected chi connectivity index (χ0v) is 16.5. The van der Waals surface area contributed by atoms with Crippen LogP contribution in [0, 0.1) is 11.6 Å². The molecule has 0 heterocycles. The summed E-state index contributed by atoms with van der Waals surface area (Å²) in [5, 5.41) is 5.08. The minimum absolute atomic E-state index is 0.221. The molecule has 0 radical (unpaired) electrons. The molecule has 6 nitrogen and oxygen atoms in total. The maximum absolute atomic E-state index is 13.7. The zero-order valence-electron chi connectivity index (χ0n) is 16.5. The van der Waals surface area contributed by atoms with E-state index in [1.54, 1.807) is 26.8 Å². The third-order valence-corrected chi connectivity index (χ3v) is 3.52. The number of nitrogens with one attached hydrogen (secondary N) is 2. The van der Waals surface area contributed by atoms with E-state index in [2.05, 4.69) is 10.6 Å². The Balaban J connectivity index is 2.20. The predicted octanol–water partition coefficient (Wildman–Crippen LogP) is 4.97. The lowest BCUT2D eigenvalue weighted by Gasteiger charge is -2.20. The highest BCUT2D eigenvalue weighted by Crippen LogP contribution is 2.28. The summed E-state index contributed by atoms with van der Waals surface area (Å²) in [6, 6.07) is 8.01. The molecule has 154 valence electrons. The van der Waals surface area contributed by atoms with Crippen molar-refractivity contribution in [2.45, 2.75) is 26.4 Å². The molecule has 0 aliphatic heterocycles. The van der Waals surface area contributed by atoms with Gasteiger partial charge in [0.05, 0.1) is 18.5 Å². The number of anilines is 2. The van der Waals surface area contributed by atoms with E-state index >= 15 is 0 Å². The van der Waals surface area contributed by atoms with Crippen molar-refractivity contribution in [2.75, 3.05) is 17.7 Å². The first-order valence-electron chi connectivity index (χ1n) is 8.70. The van der Waals surface area contributed by atoms with Crippen molar-refractivity contribution in [3.63, 3.8) is 0 Å². The maximum atomic E-state index is 13.7. The van der Waals surface area contributed by atoms with Gasteiger partial charge in [0.15, 0.2) is 0 Å². The molecule has 0 saturated heterocycles. The number of benzene rings is 2. The van der Waals surface area contributed by atoms with Crippen molar-refractivity contribution >= 4 is 29.5 Å². The van der Waals surface area contributed by atoms with Gasteiger partial charge in [-0.2, -0.15) is 0 Å². The fourth-order valence-corrected chi connectivity index (χ4v) is 2.28. The minimum Gasteiger partial charge on any atom is -0.497 e. The summed E-state index contributed by atoms with van der Waals surface area (Å²) in [5.74, 6) is -1.81. The molecule has 0 aliphatic carbocycles. The number of methoxy groups -OCH3 is 1. The average molecular weight is 404 g/mol. The third-order valence-electron chi connectivity index (χ3n) is 3.52. The van der Waals surface area contributed by atoms with Gasteiger partial charge in [0, 0.05) is 17.7 Å². The van der Waals surface area contributed by atoms with E-state index in [-0.39, 0.29) is 16.9 Å². The summed E-state index contributed by atoms with van der Waals surface area (Å²) >= 11 is 0. The Morgan fingerprint density at radius 3 is 2.24 bits per heavy atom. The number of amides is 2. The Bertz CT molecular complexity index is 917. The van der Waals surface area contributed by atoms with Crippen LogP contribution in [0.5, 0.6) is 5.75 Å². The summed E-state index contributed by atoms with van der Waals surface area (Å²) in [7, 11) is 1.45. The van der Waals surface area contributed by atoms with Gasteiger partial charge in [0.1, 0.15) is 23.0 Å². The number of carbonyl (C=O) groups excluding carboxylic acids is 2. The van der Waals surface area contributed by atoms with Crippen LogP contribution < -0.4 is 15.4 Å². The molecule has 2 aromatic carbocycles. The van der Waals surface area contributed by atoms with Gasteiger partial charge in [-0.1, -0.05) is 6.07 Å². The van der Waals surface area contributed by atoms with Crippen molar-refractivity contribution in [2.24, 2.45) is 0 Å². The van der Waals surface area contributed by atoms with Crippen LogP contribution in [0.3, 0.4) is 0 Å². The first kappa shape index (κ1) is 21.9. The second kappa shape index (κ2) is 9.18. The third kappa shape index (κ3) is 6.60. The van der Waals surface area contributed by atoms with Gasteiger partial charge in [0.25, 0.3) is 0 Å². The lowest BCUT2D eigenvalue weighted by atomic mass is 10.2. The van der Waals surface area contributed by atoms with Crippen molar-refractivity contribution in [3.8, 4) is 5.75 Å². The van der Waals surface area contributed by atoms with Crippen molar-refractivity contribution in [3.05, 3.63) is 59.7 Å². The summed E-state index contributed by atoms with van der Waals surface area (Å²) < 4.78 is 37.7. The smallest absolute Gasteiger partial charge is 0.412 e. The van der Waals surface area contributed by atoms with Gasteiger partial charge in [-0.05, 0) is 51.1 Å². The predicted molar refractivity (Wildman–Crippen MR) is 107 cm³/mol. The molecule has 8 heteroatoms. The van der Waals surface area contributed by atoms with Crippen LogP contribution >= 0.6 is 0 Å². The van der Waals surface area contributed by atoms with E-state index < -0.39 is 29.2 Å². The van der Waals surface area contributed by atoms with Crippen LogP contribution in [-0.4, -0.2) is 24.7 Å². The Morgan fingerprint density at radius 2 is 1.66 bits per heavy atom. The van der Waals surface area contributed by atoms with E-state index in [4.69, 9.17) is 9.47 Å². The molecule has 29 heavy (non-hydrogen) atoms. The van der Waals surface area contributed by atoms with Crippen LogP contribution in [0.2, 0.25) is 0 Å². The van der Waals surface area contributed by atoms with Crippen LogP contribution in [0.15, 0.2) is 42.5 Å². The van der Waals surface area contributed by atoms with Crippen molar-refractivity contribution in [1.29, 1.82) is 0 Å². The van der Waals surface area contributed by atoms with E-state index in [0.29, 0.717) is 5.75 Å². The van der Waals surface area contributed by atoms with E-state index in [1.165, 1.54) is 25.3 Å². The lowest BCUT2D eigenvalue weighted by Crippen LogP contribution is -2.27. The molecule has 0 fully saturated rings. The Morgan fingerprint density at radius 1 is 1.00 bits per heavy atom. The lowest BCUT2D eigenvalue weighted by molar-refractivity contribution is -0.111. The monoisotopic (exact) mass is 404 g/mol. The van der Waals surface area contributed by atoms with Gasteiger partial charge in [-0.3, -0.25) is 10.1 Å². The van der Waals surface area contributed by atoms with Gasteiger partial charge in [-0.25, -0.2) is 13.6 Å². The van der Waals surface area contributed by atoms with Crippen molar-refractivity contribution in [1.82, 2.24) is 0 Å². The summed E-state index contributed by atoms with van der Waals surface area (Å²) in [6.45, 7) is 5.15. The normalized spacial score (nSPS) is 11.2. The SMILES string of the molecule is COc1ccc(NC(=O)OC(C)(C)C)c(NC(=O)/C=C/c2c(F)cccc2F)c1.